The molecule has 0 aromatic heterocycles. The molecule has 2 aromatic rings. The highest BCUT2D eigenvalue weighted by atomic mass is 32.2. The molecule has 0 saturated heterocycles. The predicted octanol–water partition coefficient (Wildman–Crippen LogP) is 2.80. The van der Waals surface area contributed by atoms with Crippen molar-refractivity contribution in [2.24, 2.45) is 0 Å². The number of anilines is 1. The first-order valence-corrected chi connectivity index (χ1v) is 9.42. The zero-order valence-corrected chi connectivity index (χ0v) is 14.8. The third-order valence-electron chi connectivity index (χ3n) is 3.99. The molecule has 3 rings (SSSR count). The highest BCUT2D eigenvalue weighted by Crippen LogP contribution is 2.31. The second kappa shape index (κ2) is 6.33. The van der Waals surface area contributed by atoms with Crippen molar-refractivity contribution in [3.63, 3.8) is 0 Å². The Morgan fingerprint density at radius 3 is 2.44 bits per heavy atom. The summed E-state index contributed by atoms with van der Waals surface area (Å²) in [7, 11) is -3.86. The molecule has 0 atom stereocenters. The minimum Gasteiger partial charge on any atom is -0.279 e. The van der Waals surface area contributed by atoms with Crippen LogP contribution in [0.5, 0.6) is 0 Å². The molecule has 1 aliphatic heterocycles. The first-order chi connectivity index (χ1) is 11.8. The maximum absolute atomic E-state index is 12.6. The van der Waals surface area contributed by atoms with Crippen LogP contribution in [0.25, 0.3) is 0 Å². The highest BCUT2D eigenvalue weighted by Gasteiger charge is 2.37. The Morgan fingerprint density at radius 1 is 1.04 bits per heavy atom. The lowest BCUT2D eigenvalue weighted by atomic mass is 10.1. The molecule has 1 aliphatic rings. The van der Waals surface area contributed by atoms with Crippen LogP contribution in [0.1, 0.15) is 39.6 Å². The first kappa shape index (κ1) is 17.2. The molecule has 25 heavy (non-hydrogen) atoms. The zero-order valence-electron chi connectivity index (χ0n) is 13.9. The van der Waals surface area contributed by atoms with E-state index in [4.69, 9.17) is 0 Å². The number of fused-ring (bicyclic) bond motifs is 1. The van der Waals surface area contributed by atoms with Crippen LogP contribution in [0, 0.1) is 6.92 Å². The molecule has 0 spiro atoms. The molecule has 0 bridgehead atoms. The van der Waals surface area contributed by atoms with Gasteiger partial charge in [0.1, 0.15) is 0 Å². The Balaban J connectivity index is 2.02. The fourth-order valence-corrected chi connectivity index (χ4v) is 4.01. The summed E-state index contributed by atoms with van der Waals surface area (Å²) in [6, 6.07) is 11.1. The number of hydrogen-bond acceptors (Lipinski definition) is 4. The van der Waals surface area contributed by atoms with Gasteiger partial charge in [-0.05, 0) is 43.2 Å². The van der Waals surface area contributed by atoms with Gasteiger partial charge in [0.2, 0.25) is 0 Å². The fourth-order valence-electron chi connectivity index (χ4n) is 2.83. The third-order valence-corrected chi connectivity index (χ3v) is 5.35. The lowest BCUT2D eigenvalue weighted by Gasteiger charge is -2.13. The lowest BCUT2D eigenvalue weighted by molar-refractivity contribution is 0.0654. The van der Waals surface area contributed by atoms with E-state index >= 15 is 0 Å². The molecule has 0 fully saturated rings. The minimum absolute atomic E-state index is 0.104. The largest absolute Gasteiger partial charge is 0.279 e. The van der Waals surface area contributed by atoms with Crippen molar-refractivity contribution in [2.75, 3.05) is 11.3 Å². The van der Waals surface area contributed by atoms with Crippen LogP contribution in [0.2, 0.25) is 0 Å². The van der Waals surface area contributed by atoms with Crippen molar-refractivity contribution in [1.82, 2.24) is 4.90 Å². The topological polar surface area (TPSA) is 83.6 Å². The van der Waals surface area contributed by atoms with Gasteiger partial charge in [-0.2, -0.15) is 0 Å². The average molecular weight is 358 g/mol. The van der Waals surface area contributed by atoms with Gasteiger partial charge in [-0.25, -0.2) is 8.42 Å². The van der Waals surface area contributed by atoms with E-state index in [2.05, 4.69) is 4.72 Å². The summed E-state index contributed by atoms with van der Waals surface area (Å²) in [6.45, 7) is 3.96. The van der Waals surface area contributed by atoms with E-state index in [0.29, 0.717) is 13.0 Å². The van der Waals surface area contributed by atoms with Crippen LogP contribution in [-0.2, 0) is 10.0 Å². The monoisotopic (exact) mass is 358 g/mol. The summed E-state index contributed by atoms with van der Waals surface area (Å²) in [5.41, 5.74) is 1.26. The van der Waals surface area contributed by atoms with Gasteiger partial charge in [-0.3, -0.25) is 19.2 Å². The quantitative estimate of drug-likeness (QED) is 0.833. The SMILES string of the molecule is CCCN1C(=O)c2cccc(NS(=O)(=O)c3cccc(C)c3)c2C1=O. The van der Waals surface area contributed by atoms with Gasteiger partial charge in [0.25, 0.3) is 21.8 Å². The van der Waals surface area contributed by atoms with Gasteiger partial charge in [-0.15, -0.1) is 0 Å². The van der Waals surface area contributed by atoms with E-state index in [1.54, 1.807) is 31.2 Å². The number of amides is 2. The molecule has 6 nitrogen and oxygen atoms in total. The molecule has 0 saturated carbocycles. The maximum Gasteiger partial charge on any atom is 0.263 e. The number of benzene rings is 2. The fraction of sp³-hybridized carbons (Fsp3) is 0.222. The Labute approximate surface area is 146 Å². The number of hydrogen-bond donors (Lipinski definition) is 1. The number of nitrogens with zero attached hydrogens (tertiary/aromatic N) is 1. The summed E-state index contributed by atoms with van der Waals surface area (Å²) in [5.74, 6) is -0.858. The minimum atomic E-state index is -3.86. The number of aryl methyl sites for hydroxylation is 1. The Morgan fingerprint density at radius 2 is 1.76 bits per heavy atom. The highest BCUT2D eigenvalue weighted by molar-refractivity contribution is 7.92. The summed E-state index contributed by atoms with van der Waals surface area (Å²) in [4.78, 5) is 26.2. The number of carbonyl (C=O) groups excluding carboxylic acids is 2. The molecule has 0 unspecified atom stereocenters. The average Bonchev–Trinajstić information content (AvgIpc) is 2.81. The molecule has 1 heterocycles. The number of sulfonamides is 1. The second-order valence-electron chi connectivity index (χ2n) is 5.91. The first-order valence-electron chi connectivity index (χ1n) is 7.94. The van der Waals surface area contributed by atoms with E-state index in [9.17, 15) is 18.0 Å². The molecule has 0 aliphatic carbocycles. The molecular weight excluding hydrogens is 340 g/mol. The molecule has 0 radical (unpaired) electrons. The molecule has 2 amide bonds. The van der Waals surface area contributed by atoms with Gasteiger partial charge in [-0.1, -0.05) is 25.1 Å². The summed E-state index contributed by atoms with van der Waals surface area (Å²) >= 11 is 0. The van der Waals surface area contributed by atoms with Crippen LogP contribution >= 0.6 is 0 Å². The zero-order chi connectivity index (χ0) is 18.2. The number of rotatable bonds is 5. The van der Waals surface area contributed by atoms with Gasteiger partial charge in [0, 0.05) is 6.54 Å². The van der Waals surface area contributed by atoms with Gasteiger partial charge in [0.05, 0.1) is 21.7 Å². The normalized spacial score (nSPS) is 13.9. The van der Waals surface area contributed by atoms with E-state index in [-0.39, 0.29) is 21.7 Å². The lowest BCUT2D eigenvalue weighted by Crippen LogP contribution is -2.30. The Hall–Kier alpha value is -2.67. The summed E-state index contributed by atoms with van der Waals surface area (Å²) < 4.78 is 27.7. The Kier molecular flexibility index (Phi) is 4.34. The standard InChI is InChI=1S/C18H18N2O4S/c1-3-10-20-17(21)14-8-5-9-15(16(14)18(20)22)19-25(23,24)13-7-4-6-12(2)11-13/h4-9,11,19H,3,10H2,1-2H3. The number of carbonyl (C=O) groups is 2. The predicted molar refractivity (Wildman–Crippen MR) is 94.1 cm³/mol. The third kappa shape index (κ3) is 3.02. The van der Waals surface area contributed by atoms with E-state index < -0.39 is 21.8 Å². The van der Waals surface area contributed by atoms with Crippen LogP contribution in [0.4, 0.5) is 5.69 Å². The Bertz CT molecular complexity index is 967. The van der Waals surface area contributed by atoms with E-state index in [0.717, 1.165) is 10.5 Å². The van der Waals surface area contributed by atoms with Crippen molar-refractivity contribution in [3.8, 4) is 0 Å². The van der Waals surface area contributed by atoms with Gasteiger partial charge < -0.3 is 0 Å². The number of nitrogens with one attached hydrogen (secondary N) is 1. The van der Waals surface area contributed by atoms with Gasteiger partial charge in [0.15, 0.2) is 0 Å². The van der Waals surface area contributed by atoms with Crippen LogP contribution in [0.15, 0.2) is 47.4 Å². The van der Waals surface area contributed by atoms with Crippen LogP contribution < -0.4 is 4.72 Å². The van der Waals surface area contributed by atoms with Crippen molar-refractivity contribution in [3.05, 3.63) is 59.2 Å². The molecular formula is C18H18N2O4S. The van der Waals surface area contributed by atoms with Crippen molar-refractivity contribution in [1.29, 1.82) is 0 Å². The number of imide groups is 1. The summed E-state index contributed by atoms with van der Waals surface area (Å²) in [6.07, 6.45) is 0.635. The van der Waals surface area contributed by atoms with Crippen molar-refractivity contribution in [2.45, 2.75) is 25.2 Å². The maximum atomic E-state index is 12.6. The summed E-state index contributed by atoms with van der Waals surface area (Å²) in [5, 5.41) is 0. The smallest absolute Gasteiger partial charge is 0.263 e. The second-order valence-corrected chi connectivity index (χ2v) is 7.59. The van der Waals surface area contributed by atoms with Crippen LogP contribution in [-0.4, -0.2) is 31.7 Å². The van der Waals surface area contributed by atoms with Crippen LogP contribution in [0.3, 0.4) is 0 Å². The van der Waals surface area contributed by atoms with E-state index in [1.165, 1.54) is 18.2 Å². The molecule has 130 valence electrons. The molecule has 7 heteroatoms. The molecule has 1 N–H and O–H groups in total. The van der Waals surface area contributed by atoms with Gasteiger partial charge >= 0.3 is 0 Å². The van der Waals surface area contributed by atoms with Crippen molar-refractivity contribution >= 4 is 27.5 Å². The molecule has 2 aromatic carbocycles. The van der Waals surface area contributed by atoms with Crippen molar-refractivity contribution < 1.29 is 18.0 Å². The van der Waals surface area contributed by atoms with E-state index in [1.807, 2.05) is 6.92 Å².